The molecule has 3 aliphatic carbocycles. The Balaban J connectivity index is 1.01. The van der Waals surface area contributed by atoms with Crippen LogP contribution in [0.5, 0.6) is 0 Å². The molecule has 0 saturated heterocycles. The number of benzene rings is 10. The summed E-state index contributed by atoms with van der Waals surface area (Å²) in [5.41, 5.74) is 26.3. The molecule has 3 nitrogen and oxygen atoms in total. The molecule has 0 atom stereocenters. The number of rotatable bonds is 9. The van der Waals surface area contributed by atoms with Crippen LogP contribution in [-0.4, -0.2) is 15.0 Å². The maximum atomic E-state index is 5.70. The SMILES string of the molecule is C1=CC2=C(CC1)C(c1ccccc1)(c1ccccc1)c1cc(-c3cc4nc(-c5ccc(-c6cccnc6)cc5)c(-c5ccccc5)nc4cc3-c3ccc4c(c3)C(c3ccccc3)(c3ccccc3)c3ccccc3-4)ccc12. The first kappa shape index (κ1) is 45.6. The molecule has 0 aliphatic heterocycles. The van der Waals surface area contributed by atoms with E-state index in [9.17, 15) is 0 Å². The normalized spacial score (nSPS) is 14.4. The van der Waals surface area contributed by atoms with Crippen molar-refractivity contribution in [2.45, 2.75) is 23.7 Å². The van der Waals surface area contributed by atoms with Crippen molar-refractivity contribution in [1.29, 1.82) is 0 Å². The zero-order valence-corrected chi connectivity index (χ0v) is 42.9. The van der Waals surface area contributed by atoms with E-state index in [1.165, 1.54) is 66.8 Å². The minimum absolute atomic E-state index is 0.491. The van der Waals surface area contributed by atoms with Crippen LogP contribution in [0.2, 0.25) is 0 Å². The minimum Gasteiger partial charge on any atom is -0.264 e. The van der Waals surface area contributed by atoms with Crippen LogP contribution in [0, 0.1) is 0 Å². The number of fused-ring (bicyclic) bond motifs is 6. The van der Waals surface area contributed by atoms with Gasteiger partial charge in [0.05, 0.1) is 33.3 Å². The highest BCUT2D eigenvalue weighted by Crippen LogP contribution is 2.60. The topological polar surface area (TPSA) is 38.7 Å². The summed E-state index contributed by atoms with van der Waals surface area (Å²) in [6.45, 7) is 0. The molecule has 0 fully saturated rings. The van der Waals surface area contributed by atoms with Gasteiger partial charge in [0, 0.05) is 23.5 Å². The summed E-state index contributed by atoms with van der Waals surface area (Å²) < 4.78 is 0. The summed E-state index contributed by atoms with van der Waals surface area (Å²) >= 11 is 0. The Morgan fingerprint density at radius 3 is 1.33 bits per heavy atom. The van der Waals surface area contributed by atoms with E-state index in [1.807, 2.05) is 18.5 Å². The Labute approximate surface area is 455 Å². The lowest BCUT2D eigenvalue weighted by atomic mass is 9.65. The first-order valence-electron chi connectivity index (χ1n) is 27.1. The average molecular weight is 994 g/mol. The molecule has 3 heteroatoms. The van der Waals surface area contributed by atoms with Crippen LogP contribution in [-0.2, 0) is 10.8 Å². The first-order valence-corrected chi connectivity index (χ1v) is 27.1. The van der Waals surface area contributed by atoms with Gasteiger partial charge in [0.15, 0.2) is 0 Å². The van der Waals surface area contributed by atoms with E-state index in [4.69, 9.17) is 9.97 Å². The second kappa shape index (κ2) is 18.5. The van der Waals surface area contributed by atoms with Crippen LogP contribution >= 0.6 is 0 Å². The van der Waals surface area contributed by atoms with Crippen molar-refractivity contribution < 1.29 is 0 Å². The fourth-order valence-electron chi connectivity index (χ4n) is 13.5. The highest BCUT2D eigenvalue weighted by molar-refractivity contribution is 5.99. The lowest BCUT2D eigenvalue weighted by Crippen LogP contribution is -2.30. The molecule has 2 aromatic heterocycles. The summed E-state index contributed by atoms with van der Waals surface area (Å²) in [5, 5.41) is 0. The van der Waals surface area contributed by atoms with Gasteiger partial charge >= 0.3 is 0 Å². The fourth-order valence-corrected chi connectivity index (χ4v) is 13.5. The Morgan fingerprint density at radius 1 is 0.321 bits per heavy atom. The fraction of sp³-hybridized carbons (Fsp3) is 0.0533. The third kappa shape index (κ3) is 7.01. The molecule has 15 rings (SSSR count). The largest absolute Gasteiger partial charge is 0.264 e. The smallest absolute Gasteiger partial charge is 0.0973 e. The van der Waals surface area contributed by atoms with Crippen LogP contribution in [0.4, 0.5) is 0 Å². The molecule has 0 saturated carbocycles. The molecule has 0 N–H and O–H groups in total. The van der Waals surface area contributed by atoms with Crippen LogP contribution < -0.4 is 0 Å². The molecule has 0 radical (unpaired) electrons. The van der Waals surface area contributed by atoms with Gasteiger partial charge in [0.2, 0.25) is 0 Å². The third-order valence-electron chi connectivity index (χ3n) is 16.8. The third-order valence-corrected chi connectivity index (χ3v) is 16.8. The molecular formula is C75H51N3. The second-order valence-electron chi connectivity index (χ2n) is 20.9. The molecule has 366 valence electrons. The van der Waals surface area contributed by atoms with Crippen molar-refractivity contribution in [2.75, 3.05) is 0 Å². The van der Waals surface area contributed by atoms with Gasteiger partial charge in [-0.1, -0.05) is 243 Å². The van der Waals surface area contributed by atoms with E-state index in [0.717, 1.165) is 79.8 Å². The first-order chi connectivity index (χ1) is 38.7. The quantitative estimate of drug-likeness (QED) is 0.145. The van der Waals surface area contributed by atoms with Crippen LogP contribution in [0.1, 0.15) is 57.3 Å². The standard InChI is InChI=1S/C75H51N3/c1-6-21-51(22-7-1)72-73(52-38-36-50(37-39-52)55-23-20-44-76-49-55)78-71-48-65(54-41-43-63-61-33-17-19-35-67(61)75(69(63)46-54,58-28-12-4-13-29-58)59-30-14-5-15-31-59)64(47-70(71)77-72)53-40-42-62-60-32-16-18-34-66(60)74(68(62)45-53,56-24-8-2-9-25-56)57-26-10-3-11-27-57/h1-18,20-34,36-49H,19,35H2. The summed E-state index contributed by atoms with van der Waals surface area (Å²) in [7, 11) is 0. The predicted octanol–water partition coefficient (Wildman–Crippen LogP) is 18.2. The predicted molar refractivity (Wildman–Crippen MR) is 320 cm³/mol. The molecule has 10 aromatic carbocycles. The number of allylic oxidation sites excluding steroid dienone is 4. The van der Waals surface area contributed by atoms with Gasteiger partial charge in [-0.25, -0.2) is 9.97 Å². The zero-order valence-electron chi connectivity index (χ0n) is 42.9. The molecular weight excluding hydrogens is 943 g/mol. The number of hydrogen-bond acceptors (Lipinski definition) is 3. The van der Waals surface area contributed by atoms with Crippen molar-refractivity contribution >= 4 is 16.6 Å². The Hall–Kier alpha value is -9.83. The van der Waals surface area contributed by atoms with Crippen LogP contribution in [0.25, 0.3) is 83.6 Å². The maximum absolute atomic E-state index is 5.70. The number of nitrogens with zero attached hydrogens (tertiary/aromatic N) is 3. The lowest BCUT2D eigenvalue weighted by molar-refractivity contribution is 0.697. The van der Waals surface area contributed by atoms with E-state index in [1.54, 1.807) is 0 Å². The van der Waals surface area contributed by atoms with Gasteiger partial charge in [0.1, 0.15) is 0 Å². The van der Waals surface area contributed by atoms with Gasteiger partial charge in [0.25, 0.3) is 0 Å². The Kier molecular flexibility index (Phi) is 10.8. The van der Waals surface area contributed by atoms with Gasteiger partial charge in [-0.05, 0) is 143 Å². The molecule has 0 unspecified atom stereocenters. The van der Waals surface area contributed by atoms with Crippen molar-refractivity contribution in [2.24, 2.45) is 0 Å². The van der Waals surface area contributed by atoms with E-state index in [0.29, 0.717) is 0 Å². The monoisotopic (exact) mass is 993 g/mol. The minimum atomic E-state index is -0.569. The van der Waals surface area contributed by atoms with Crippen molar-refractivity contribution in [1.82, 2.24) is 15.0 Å². The molecule has 2 heterocycles. The van der Waals surface area contributed by atoms with Gasteiger partial charge in [-0.15, -0.1) is 0 Å². The van der Waals surface area contributed by atoms with Crippen molar-refractivity contribution in [3.05, 3.63) is 335 Å². The lowest BCUT2D eigenvalue weighted by Gasteiger charge is -2.36. The Bertz CT molecular complexity index is 4240. The van der Waals surface area contributed by atoms with E-state index >= 15 is 0 Å². The van der Waals surface area contributed by atoms with E-state index in [2.05, 4.69) is 272 Å². The van der Waals surface area contributed by atoms with Gasteiger partial charge < -0.3 is 0 Å². The van der Waals surface area contributed by atoms with E-state index in [-0.39, 0.29) is 0 Å². The zero-order chi connectivity index (χ0) is 51.6. The van der Waals surface area contributed by atoms with Crippen molar-refractivity contribution in [3.63, 3.8) is 0 Å². The average Bonchev–Trinajstić information content (AvgIpc) is 3.73. The number of hydrogen-bond donors (Lipinski definition) is 0. The highest BCUT2D eigenvalue weighted by Gasteiger charge is 2.48. The summed E-state index contributed by atoms with van der Waals surface area (Å²) in [6, 6.07) is 95.9. The van der Waals surface area contributed by atoms with Gasteiger partial charge in [-0.3, -0.25) is 4.98 Å². The number of pyridine rings is 1. The maximum Gasteiger partial charge on any atom is 0.0973 e. The highest BCUT2D eigenvalue weighted by atomic mass is 14.8. The summed E-state index contributed by atoms with van der Waals surface area (Å²) in [4.78, 5) is 15.8. The summed E-state index contributed by atoms with van der Waals surface area (Å²) in [5.74, 6) is 0. The van der Waals surface area contributed by atoms with Crippen LogP contribution in [0.15, 0.2) is 291 Å². The van der Waals surface area contributed by atoms with Crippen LogP contribution in [0.3, 0.4) is 0 Å². The molecule has 0 amide bonds. The second-order valence-corrected chi connectivity index (χ2v) is 20.9. The number of aromatic nitrogens is 3. The molecule has 78 heavy (non-hydrogen) atoms. The van der Waals surface area contributed by atoms with Gasteiger partial charge in [-0.2, -0.15) is 0 Å². The molecule has 0 bridgehead atoms. The Morgan fingerprint density at radius 2 is 0.769 bits per heavy atom. The van der Waals surface area contributed by atoms with E-state index < -0.39 is 10.8 Å². The molecule has 12 aromatic rings. The van der Waals surface area contributed by atoms with Crippen molar-refractivity contribution in [3.8, 4) is 67.0 Å². The molecule has 0 spiro atoms. The molecule has 3 aliphatic rings. The summed E-state index contributed by atoms with van der Waals surface area (Å²) in [6.07, 6.45) is 10.4.